The summed E-state index contributed by atoms with van der Waals surface area (Å²) in [4.78, 5) is 9.86. The van der Waals surface area contributed by atoms with Crippen molar-refractivity contribution in [1.29, 1.82) is 0 Å². The quantitative estimate of drug-likeness (QED) is 0.654. The average Bonchev–Trinajstić information content (AvgIpc) is 2.20. The molecule has 0 aliphatic rings. The first kappa shape index (κ1) is 16.6. The third kappa shape index (κ3) is 3.82. The van der Waals surface area contributed by atoms with Crippen molar-refractivity contribution in [2.24, 2.45) is 11.7 Å². The molecule has 18 heavy (non-hydrogen) atoms. The fraction of sp³-hybridized carbons (Fsp3) is 0.455. The molecule has 0 aromatic heterocycles. The van der Waals surface area contributed by atoms with Gasteiger partial charge in [0.15, 0.2) is 11.6 Å². The molecular formula is C11H16ClFN2O3. The van der Waals surface area contributed by atoms with Crippen LogP contribution < -0.4 is 5.73 Å². The molecule has 0 bridgehead atoms. The van der Waals surface area contributed by atoms with Gasteiger partial charge in [-0.15, -0.1) is 12.4 Å². The molecule has 0 fully saturated rings. The highest BCUT2D eigenvalue weighted by Crippen LogP contribution is 2.32. The molecular weight excluding hydrogens is 263 g/mol. The maximum absolute atomic E-state index is 13.3. The molecule has 0 saturated carbocycles. The highest BCUT2D eigenvalue weighted by Gasteiger charge is 2.20. The van der Waals surface area contributed by atoms with Crippen molar-refractivity contribution < 1.29 is 14.4 Å². The molecule has 1 atom stereocenters. The monoisotopic (exact) mass is 278 g/mol. The van der Waals surface area contributed by atoms with E-state index in [1.807, 2.05) is 13.8 Å². The number of nitrogens with zero attached hydrogens (tertiary/aromatic N) is 1. The summed E-state index contributed by atoms with van der Waals surface area (Å²) < 4.78 is 13.3. The summed E-state index contributed by atoms with van der Waals surface area (Å²) in [5.74, 6) is -1.39. The van der Waals surface area contributed by atoms with E-state index in [1.165, 1.54) is 0 Å². The second kappa shape index (κ2) is 6.51. The van der Waals surface area contributed by atoms with E-state index >= 15 is 0 Å². The van der Waals surface area contributed by atoms with E-state index < -0.39 is 28.2 Å². The number of nitro benzene ring substituents is 1. The summed E-state index contributed by atoms with van der Waals surface area (Å²) in [7, 11) is 0. The molecule has 0 aliphatic heterocycles. The first-order chi connectivity index (χ1) is 7.82. The number of nitro groups is 1. The van der Waals surface area contributed by atoms with E-state index in [1.54, 1.807) is 0 Å². The predicted octanol–water partition coefficient (Wildman–Crippen LogP) is 2.91. The fourth-order valence-electron chi connectivity index (χ4n) is 1.63. The molecule has 0 unspecified atom stereocenters. The first-order valence-electron chi connectivity index (χ1n) is 5.25. The van der Waals surface area contributed by atoms with E-state index in [9.17, 15) is 19.6 Å². The predicted molar refractivity (Wildman–Crippen MR) is 68.4 cm³/mol. The number of benzene rings is 1. The molecule has 0 spiro atoms. The van der Waals surface area contributed by atoms with Gasteiger partial charge in [-0.2, -0.15) is 0 Å². The van der Waals surface area contributed by atoms with Crippen LogP contribution in [0.25, 0.3) is 0 Å². The van der Waals surface area contributed by atoms with Crippen LogP contribution in [0.3, 0.4) is 0 Å². The lowest BCUT2D eigenvalue weighted by molar-refractivity contribution is -0.385. The standard InChI is InChI=1S/C11H15FN2O3.ClH/c1-6(2)3-10(13)8-4-7(14(16)17)5-9(12)11(8)15;/h4-6,10,15H,3,13H2,1-2H3;1H/t10-;/m0./s1. The van der Waals surface area contributed by atoms with Crippen LogP contribution in [0.5, 0.6) is 5.75 Å². The normalized spacial score (nSPS) is 12.1. The van der Waals surface area contributed by atoms with Crippen molar-refractivity contribution in [2.75, 3.05) is 0 Å². The van der Waals surface area contributed by atoms with Gasteiger partial charge >= 0.3 is 0 Å². The lowest BCUT2D eigenvalue weighted by Gasteiger charge is -2.15. The van der Waals surface area contributed by atoms with Gasteiger partial charge in [0, 0.05) is 17.7 Å². The highest BCUT2D eigenvalue weighted by atomic mass is 35.5. The minimum Gasteiger partial charge on any atom is -0.505 e. The number of aromatic hydroxyl groups is 1. The smallest absolute Gasteiger partial charge is 0.272 e. The third-order valence-corrected chi connectivity index (χ3v) is 2.41. The maximum atomic E-state index is 13.3. The number of non-ortho nitro benzene ring substituents is 1. The van der Waals surface area contributed by atoms with Crippen LogP contribution in [0.1, 0.15) is 31.9 Å². The van der Waals surface area contributed by atoms with Gasteiger partial charge in [0.25, 0.3) is 5.69 Å². The minimum atomic E-state index is -1.02. The van der Waals surface area contributed by atoms with Gasteiger partial charge in [-0.05, 0) is 12.3 Å². The Morgan fingerprint density at radius 1 is 1.50 bits per heavy atom. The highest BCUT2D eigenvalue weighted by molar-refractivity contribution is 5.85. The Morgan fingerprint density at radius 3 is 2.50 bits per heavy atom. The molecule has 5 nitrogen and oxygen atoms in total. The zero-order valence-electron chi connectivity index (χ0n) is 10.1. The molecule has 0 radical (unpaired) electrons. The third-order valence-electron chi connectivity index (χ3n) is 2.41. The van der Waals surface area contributed by atoms with Crippen LogP contribution in [-0.2, 0) is 0 Å². The topological polar surface area (TPSA) is 89.4 Å². The number of phenols is 1. The summed E-state index contributed by atoms with van der Waals surface area (Å²) in [6, 6.07) is 1.18. The van der Waals surface area contributed by atoms with Crippen molar-refractivity contribution >= 4 is 18.1 Å². The van der Waals surface area contributed by atoms with Crippen molar-refractivity contribution in [3.63, 3.8) is 0 Å². The molecule has 7 heteroatoms. The zero-order valence-corrected chi connectivity index (χ0v) is 10.9. The molecule has 0 aliphatic carbocycles. The molecule has 0 amide bonds. The van der Waals surface area contributed by atoms with E-state index in [0.717, 1.165) is 6.07 Å². The van der Waals surface area contributed by atoms with E-state index in [-0.39, 0.29) is 23.9 Å². The Morgan fingerprint density at radius 2 is 2.06 bits per heavy atom. The van der Waals surface area contributed by atoms with Crippen LogP contribution in [0, 0.1) is 21.8 Å². The fourth-order valence-corrected chi connectivity index (χ4v) is 1.63. The number of halogens is 2. The van der Waals surface area contributed by atoms with Crippen LogP contribution in [0.4, 0.5) is 10.1 Å². The summed E-state index contributed by atoms with van der Waals surface area (Å²) in [6.45, 7) is 3.84. The van der Waals surface area contributed by atoms with Crippen molar-refractivity contribution in [2.45, 2.75) is 26.3 Å². The van der Waals surface area contributed by atoms with Crippen molar-refractivity contribution in [3.05, 3.63) is 33.6 Å². The van der Waals surface area contributed by atoms with E-state index in [0.29, 0.717) is 12.5 Å². The second-order valence-electron chi connectivity index (χ2n) is 4.36. The SMILES string of the molecule is CC(C)C[C@H](N)c1cc([N+](=O)[O-])cc(F)c1O.Cl. The van der Waals surface area contributed by atoms with E-state index in [2.05, 4.69) is 0 Å². The minimum absolute atomic E-state index is 0. The Labute approximate surface area is 110 Å². The largest absolute Gasteiger partial charge is 0.505 e. The van der Waals surface area contributed by atoms with Crippen LogP contribution >= 0.6 is 12.4 Å². The lowest BCUT2D eigenvalue weighted by atomic mass is 9.96. The summed E-state index contributed by atoms with van der Waals surface area (Å²) in [6.07, 6.45) is 0.508. The average molecular weight is 279 g/mol. The number of hydrogen-bond donors (Lipinski definition) is 2. The molecule has 0 saturated heterocycles. The number of nitrogens with two attached hydrogens (primary N) is 1. The molecule has 1 aromatic rings. The van der Waals surface area contributed by atoms with Gasteiger partial charge in [-0.1, -0.05) is 13.8 Å². The van der Waals surface area contributed by atoms with Crippen LogP contribution in [0.2, 0.25) is 0 Å². The molecule has 102 valence electrons. The van der Waals surface area contributed by atoms with Gasteiger partial charge in [0.2, 0.25) is 0 Å². The van der Waals surface area contributed by atoms with Gasteiger partial charge in [0.05, 0.1) is 11.0 Å². The van der Waals surface area contributed by atoms with Crippen molar-refractivity contribution in [3.8, 4) is 5.75 Å². The lowest BCUT2D eigenvalue weighted by Crippen LogP contribution is -2.14. The van der Waals surface area contributed by atoms with E-state index in [4.69, 9.17) is 5.73 Å². The Hall–Kier alpha value is -1.40. The number of hydrogen-bond acceptors (Lipinski definition) is 4. The van der Waals surface area contributed by atoms with Gasteiger partial charge < -0.3 is 10.8 Å². The van der Waals surface area contributed by atoms with Crippen LogP contribution in [-0.4, -0.2) is 10.0 Å². The molecule has 1 aromatic carbocycles. The maximum Gasteiger partial charge on any atom is 0.272 e. The zero-order chi connectivity index (χ0) is 13.2. The van der Waals surface area contributed by atoms with Gasteiger partial charge in [-0.3, -0.25) is 10.1 Å². The van der Waals surface area contributed by atoms with Crippen molar-refractivity contribution in [1.82, 2.24) is 0 Å². The molecule has 1 rings (SSSR count). The van der Waals surface area contributed by atoms with Gasteiger partial charge in [-0.25, -0.2) is 4.39 Å². The summed E-state index contributed by atoms with van der Waals surface area (Å²) in [5.41, 5.74) is 5.45. The number of phenolic OH excluding ortho intramolecular Hbond substituents is 1. The summed E-state index contributed by atoms with van der Waals surface area (Å²) in [5, 5.41) is 20.1. The molecule has 0 heterocycles. The van der Waals surface area contributed by atoms with Gasteiger partial charge in [0.1, 0.15) is 0 Å². The Kier molecular flexibility index (Phi) is 6.00. The first-order valence-corrected chi connectivity index (χ1v) is 5.25. The van der Waals surface area contributed by atoms with Crippen LogP contribution in [0.15, 0.2) is 12.1 Å². The Bertz CT molecular complexity index is 441. The molecule has 3 N–H and O–H groups in total. The second-order valence-corrected chi connectivity index (χ2v) is 4.36. The number of rotatable bonds is 4. The summed E-state index contributed by atoms with van der Waals surface area (Å²) >= 11 is 0. The Balaban J connectivity index is 0.00000289.